The number of hydrogen-bond donors (Lipinski definition) is 1. The fourth-order valence-corrected chi connectivity index (χ4v) is 2.03. The van der Waals surface area contributed by atoms with E-state index < -0.39 is 21.3 Å². The third-order valence-corrected chi connectivity index (χ3v) is 3.14. The van der Waals surface area contributed by atoms with Crippen molar-refractivity contribution < 1.29 is 17.9 Å². The molecule has 0 aliphatic heterocycles. The Kier molecular flexibility index (Phi) is 2.89. The second-order valence-electron chi connectivity index (χ2n) is 3.95. The maximum atomic E-state index is 13.7. The highest BCUT2D eigenvalue weighted by atomic mass is 32.2. The molecule has 1 aromatic carbocycles. The number of halogens is 1. The number of hydrogen-bond acceptors (Lipinski definition) is 3. The molecule has 1 rings (SSSR count). The van der Waals surface area contributed by atoms with Crippen molar-refractivity contribution in [2.75, 3.05) is 6.26 Å². The van der Waals surface area contributed by atoms with Gasteiger partial charge in [0.15, 0.2) is 9.84 Å². The van der Waals surface area contributed by atoms with Crippen LogP contribution in [0.5, 0.6) is 0 Å². The van der Waals surface area contributed by atoms with E-state index in [1.807, 2.05) is 0 Å². The van der Waals surface area contributed by atoms with E-state index in [9.17, 15) is 17.9 Å². The van der Waals surface area contributed by atoms with E-state index in [0.717, 1.165) is 6.26 Å². The summed E-state index contributed by atoms with van der Waals surface area (Å²) >= 11 is 0. The number of sulfone groups is 1. The van der Waals surface area contributed by atoms with Gasteiger partial charge in [0, 0.05) is 11.8 Å². The molecule has 0 bridgehead atoms. The Morgan fingerprint density at radius 3 is 2.27 bits per heavy atom. The lowest BCUT2D eigenvalue weighted by molar-refractivity contribution is 0.0740. The summed E-state index contributed by atoms with van der Waals surface area (Å²) in [6.45, 7) is 2.80. The SMILES string of the molecule is CC(C)(O)c1cccc(S(C)(=O)=O)c1F. The van der Waals surface area contributed by atoms with Crippen LogP contribution in [0.2, 0.25) is 0 Å². The summed E-state index contributed by atoms with van der Waals surface area (Å²) in [5.74, 6) is -0.882. The fourth-order valence-electron chi connectivity index (χ4n) is 1.27. The molecule has 15 heavy (non-hydrogen) atoms. The summed E-state index contributed by atoms with van der Waals surface area (Å²) in [5, 5.41) is 9.63. The molecule has 0 aliphatic carbocycles. The average Bonchev–Trinajstić information content (AvgIpc) is 1.99. The molecule has 84 valence electrons. The van der Waals surface area contributed by atoms with E-state index in [2.05, 4.69) is 0 Å². The van der Waals surface area contributed by atoms with Gasteiger partial charge < -0.3 is 5.11 Å². The van der Waals surface area contributed by atoms with Gasteiger partial charge in [0.1, 0.15) is 10.7 Å². The lowest BCUT2D eigenvalue weighted by Gasteiger charge is -2.19. The smallest absolute Gasteiger partial charge is 0.178 e. The lowest BCUT2D eigenvalue weighted by Crippen LogP contribution is -2.19. The van der Waals surface area contributed by atoms with Crippen LogP contribution in [0.4, 0.5) is 4.39 Å². The van der Waals surface area contributed by atoms with Gasteiger partial charge in [-0.15, -0.1) is 0 Å². The second-order valence-corrected chi connectivity index (χ2v) is 5.93. The Balaban J connectivity index is 3.51. The first-order chi connectivity index (χ1) is 6.64. The average molecular weight is 232 g/mol. The van der Waals surface area contributed by atoms with Crippen LogP contribution in [0, 0.1) is 5.82 Å². The van der Waals surface area contributed by atoms with E-state index in [0.29, 0.717) is 0 Å². The quantitative estimate of drug-likeness (QED) is 0.839. The second kappa shape index (κ2) is 3.57. The molecule has 0 fully saturated rings. The first-order valence-corrected chi connectivity index (χ1v) is 6.24. The van der Waals surface area contributed by atoms with Crippen molar-refractivity contribution in [1.82, 2.24) is 0 Å². The summed E-state index contributed by atoms with van der Waals surface area (Å²) in [6.07, 6.45) is 0.930. The zero-order valence-electron chi connectivity index (χ0n) is 8.78. The predicted molar refractivity (Wildman–Crippen MR) is 54.8 cm³/mol. The van der Waals surface area contributed by atoms with Crippen molar-refractivity contribution in [2.45, 2.75) is 24.3 Å². The van der Waals surface area contributed by atoms with E-state index in [-0.39, 0.29) is 10.5 Å². The Bertz CT molecular complexity index is 472. The van der Waals surface area contributed by atoms with Gasteiger partial charge in [0.25, 0.3) is 0 Å². The van der Waals surface area contributed by atoms with E-state index in [4.69, 9.17) is 0 Å². The maximum absolute atomic E-state index is 13.7. The molecule has 0 spiro atoms. The molecule has 3 nitrogen and oxygen atoms in total. The fraction of sp³-hybridized carbons (Fsp3) is 0.400. The van der Waals surface area contributed by atoms with Crippen LogP contribution in [0.3, 0.4) is 0 Å². The van der Waals surface area contributed by atoms with Gasteiger partial charge >= 0.3 is 0 Å². The van der Waals surface area contributed by atoms with E-state index in [1.165, 1.54) is 32.0 Å². The minimum atomic E-state index is -3.60. The van der Waals surface area contributed by atoms with Crippen molar-refractivity contribution in [2.24, 2.45) is 0 Å². The van der Waals surface area contributed by atoms with Gasteiger partial charge in [-0.05, 0) is 19.9 Å². The van der Waals surface area contributed by atoms with E-state index >= 15 is 0 Å². The molecule has 0 aromatic heterocycles. The van der Waals surface area contributed by atoms with Gasteiger partial charge in [0.05, 0.1) is 5.60 Å². The molecule has 1 aromatic rings. The molecule has 0 heterocycles. The molecule has 0 saturated heterocycles. The third kappa shape index (κ3) is 2.54. The molecular weight excluding hydrogens is 219 g/mol. The highest BCUT2D eigenvalue weighted by Crippen LogP contribution is 2.26. The van der Waals surface area contributed by atoms with Crippen molar-refractivity contribution in [3.8, 4) is 0 Å². The van der Waals surface area contributed by atoms with Gasteiger partial charge in [-0.2, -0.15) is 0 Å². The molecule has 0 unspecified atom stereocenters. The molecule has 0 aliphatic rings. The first-order valence-electron chi connectivity index (χ1n) is 4.35. The monoisotopic (exact) mass is 232 g/mol. The zero-order valence-corrected chi connectivity index (χ0v) is 9.60. The van der Waals surface area contributed by atoms with Crippen LogP contribution < -0.4 is 0 Å². The summed E-state index contributed by atoms with van der Waals surface area (Å²) in [4.78, 5) is -0.387. The predicted octanol–water partition coefficient (Wildman–Crippen LogP) is 1.46. The normalized spacial score (nSPS) is 12.9. The van der Waals surface area contributed by atoms with Gasteiger partial charge in [0.2, 0.25) is 0 Å². The van der Waals surface area contributed by atoms with Gasteiger partial charge in [-0.3, -0.25) is 0 Å². The summed E-state index contributed by atoms with van der Waals surface area (Å²) in [6, 6.07) is 3.96. The highest BCUT2D eigenvalue weighted by Gasteiger charge is 2.25. The molecule has 0 atom stereocenters. The van der Waals surface area contributed by atoms with Gasteiger partial charge in [-0.1, -0.05) is 12.1 Å². The first kappa shape index (κ1) is 12.1. The van der Waals surface area contributed by atoms with Crippen LogP contribution in [0.25, 0.3) is 0 Å². The topological polar surface area (TPSA) is 54.4 Å². The van der Waals surface area contributed by atoms with Crippen LogP contribution >= 0.6 is 0 Å². The number of benzene rings is 1. The van der Waals surface area contributed by atoms with Crippen LogP contribution in [-0.2, 0) is 15.4 Å². The van der Waals surface area contributed by atoms with Gasteiger partial charge in [-0.25, -0.2) is 12.8 Å². The molecule has 5 heteroatoms. The Morgan fingerprint density at radius 1 is 1.33 bits per heavy atom. The summed E-state index contributed by atoms with van der Waals surface area (Å²) in [7, 11) is -3.60. The summed E-state index contributed by atoms with van der Waals surface area (Å²) < 4.78 is 36.1. The Labute approximate surface area is 88.5 Å². The van der Waals surface area contributed by atoms with Crippen LogP contribution in [-0.4, -0.2) is 19.8 Å². The van der Waals surface area contributed by atoms with Crippen LogP contribution in [0.1, 0.15) is 19.4 Å². The molecule has 1 N–H and O–H groups in total. The maximum Gasteiger partial charge on any atom is 0.178 e. The minimum Gasteiger partial charge on any atom is -0.386 e. The Hall–Kier alpha value is -0.940. The van der Waals surface area contributed by atoms with E-state index in [1.54, 1.807) is 0 Å². The largest absolute Gasteiger partial charge is 0.386 e. The molecular formula is C10H13FO3S. The summed E-state index contributed by atoms with van der Waals surface area (Å²) in [5.41, 5.74) is -1.42. The number of aliphatic hydroxyl groups is 1. The Morgan fingerprint density at radius 2 is 1.87 bits per heavy atom. The van der Waals surface area contributed by atoms with Crippen molar-refractivity contribution in [1.29, 1.82) is 0 Å². The number of rotatable bonds is 2. The zero-order chi connectivity index (χ0) is 11.9. The molecule has 0 saturated carbocycles. The van der Waals surface area contributed by atoms with Crippen molar-refractivity contribution >= 4 is 9.84 Å². The van der Waals surface area contributed by atoms with Crippen molar-refractivity contribution in [3.05, 3.63) is 29.6 Å². The van der Waals surface area contributed by atoms with Crippen molar-refractivity contribution in [3.63, 3.8) is 0 Å². The van der Waals surface area contributed by atoms with Crippen LogP contribution in [0.15, 0.2) is 23.1 Å². The molecule has 0 radical (unpaired) electrons. The highest BCUT2D eigenvalue weighted by molar-refractivity contribution is 7.90. The standard InChI is InChI=1S/C10H13FO3S/c1-10(2,12)7-5-4-6-8(9(7)11)15(3,13)14/h4-6,12H,1-3H3. The third-order valence-electron chi connectivity index (χ3n) is 2.02. The molecule has 0 amide bonds. The minimum absolute atomic E-state index is 0.0228. The lowest BCUT2D eigenvalue weighted by atomic mass is 9.98.